The molecule has 0 fully saturated rings. The first kappa shape index (κ1) is 21.6. The normalized spacial score (nSPS) is 11.5. The third-order valence-electron chi connectivity index (χ3n) is 4.91. The van der Waals surface area contributed by atoms with E-state index in [4.69, 9.17) is 0 Å². The fourth-order valence-electron chi connectivity index (χ4n) is 3.55. The average molecular weight is 413 g/mol. The highest BCUT2D eigenvalue weighted by Gasteiger charge is 2.31. The first-order valence-corrected chi connectivity index (χ1v) is 9.69. The Bertz CT molecular complexity index is 1050. The standard InChI is InChI=1S/C23H22F3N3O/c1-2-5-21-20(22(14-30)29(28-21)15-23(24,25)26)12-16-8-10-17(11-9-16)19-7-4-3-6-18(19)13-27/h3-4,6-11,30H,2,5,12,14-15H2,1H3. The molecular weight excluding hydrogens is 391 g/mol. The van der Waals surface area contributed by atoms with Gasteiger partial charge in [-0.15, -0.1) is 0 Å². The molecule has 0 unspecified atom stereocenters. The summed E-state index contributed by atoms with van der Waals surface area (Å²) >= 11 is 0. The number of nitrogens with zero attached hydrogens (tertiary/aromatic N) is 3. The average Bonchev–Trinajstić information content (AvgIpc) is 3.03. The highest BCUT2D eigenvalue weighted by Crippen LogP contribution is 2.27. The Morgan fingerprint density at radius 1 is 1.10 bits per heavy atom. The van der Waals surface area contributed by atoms with E-state index in [1.165, 1.54) is 0 Å². The van der Waals surface area contributed by atoms with E-state index in [1.54, 1.807) is 12.1 Å². The maximum absolute atomic E-state index is 12.9. The number of rotatable bonds is 7. The van der Waals surface area contributed by atoms with Gasteiger partial charge in [0, 0.05) is 12.0 Å². The number of alkyl halides is 3. The van der Waals surface area contributed by atoms with Crippen LogP contribution in [0.15, 0.2) is 48.5 Å². The maximum atomic E-state index is 12.9. The zero-order chi connectivity index (χ0) is 21.7. The SMILES string of the molecule is CCCc1nn(CC(F)(F)F)c(CO)c1Cc1ccc(-c2ccccc2C#N)cc1. The minimum Gasteiger partial charge on any atom is -0.390 e. The van der Waals surface area contributed by atoms with Crippen molar-refractivity contribution in [2.24, 2.45) is 0 Å². The molecule has 0 saturated carbocycles. The van der Waals surface area contributed by atoms with Gasteiger partial charge in [-0.3, -0.25) is 4.68 Å². The number of aromatic nitrogens is 2. The molecule has 0 aliphatic carbocycles. The second kappa shape index (κ2) is 9.14. The van der Waals surface area contributed by atoms with Crippen molar-refractivity contribution in [3.8, 4) is 17.2 Å². The number of halogens is 3. The van der Waals surface area contributed by atoms with Crippen molar-refractivity contribution in [3.63, 3.8) is 0 Å². The van der Waals surface area contributed by atoms with Crippen molar-refractivity contribution in [3.05, 3.63) is 76.6 Å². The van der Waals surface area contributed by atoms with E-state index >= 15 is 0 Å². The Balaban J connectivity index is 1.93. The number of aryl methyl sites for hydroxylation is 1. The lowest BCUT2D eigenvalue weighted by Gasteiger charge is -2.10. The lowest BCUT2D eigenvalue weighted by atomic mass is 9.96. The number of benzene rings is 2. The Morgan fingerprint density at radius 2 is 1.80 bits per heavy atom. The lowest BCUT2D eigenvalue weighted by molar-refractivity contribution is -0.143. The van der Waals surface area contributed by atoms with Gasteiger partial charge in [0.25, 0.3) is 0 Å². The summed E-state index contributed by atoms with van der Waals surface area (Å²) < 4.78 is 39.6. The molecule has 1 heterocycles. The first-order valence-electron chi connectivity index (χ1n) is 9.69. The summed E-state index contributed by atoms with van der Waals surface area (Å²) in [6.45, 7) is 0.214. The van der Waals surface area contributed by atoms with Gasteiger partial charge in [-0.1, -0.05) is 55.8 Å². The van der Waals surface area contributed by atoms with E-state index in [1.807, 2.05) is 43.3 Å². The van der Waals surface area contributed by atoms with Crippen LogP contribution in [0.5, 0.6) is 0 Å². The van der Waals surface area contributed by atoms with Gasteiger partial charge in [0.05, 0.1) is 29.6 Å². The second-order valence-electron chi connectivity index (χ2n) is 7.08. The van der Waals surface area contributed by atoms with Crippen LogP contribution in [-0.4, -0.2) is 21.1 Å². The first-order chi connectivity index (χ1) is 14.4. The minimum absolute atomic E-state index is 0.203. The summed E-state index contributed by atoms with van der Waals surface area (Å²) in [5, 5.41) is 23.2. The molecule has 30 heavy (non-hydrogen) atoms. The van der Waals surface area contributed by atoms with Crippen LogP contribution in [0.4, 0.5) is 13.2 Å². The highest BCUT2D eigenvalue weighted by atomic mass is 19.4. The molecule has 0 saturated heterocycles. The summed E-state index contributed by atoms with van der Waals surface area (Å²) in [7, 11) is 0. The van der Waals surface area contributed by atoms with E-state index in [0.29, 0.717) is 29.7 Å². The lowest BCUT2D eigenvalue weighted by Crippen LogP contribution is -2.20. The number of aliphatic hydroxyl groups is 1. The van der Waals surface area contributed by atoms with Crippen molar-refractivity contribution in [2.75, 3.05) is 0 Å². The fourth-order valence-corrected chi connectivity index (χ4v) is 3.55. The van der Waals surface area contributed by atoms with Crippen molar-refractivity contribution in [1.29, 1.82) is 5.26 Å². The maximum Gasteiger partial charge on any atom is 0.408 e. The van der Waals surface area contributed by atoms with Gasteiger partial charge in [0.1, 0.15) is 6.54 Å². The molecule has 0 atom stereocenters. The van der Waals surface area contributed by atoms with Crippen LogP contribution in [0.2, 0.25) is 0 Å². The van der Waals surface area contributed by atoms with Crippen molar-refractivity contribution < 1.29 is 18.3 Å². The molecule has 0 bridgehead atoms. The molecular formula is C23H22F3N3O. The molecule has 0 aliphatic rings. The summed E-state index contributed by atoms with van der Waals surface area (Å²) in [5.74, 6) is 0. The predicted octanol–water partition coefficient (Wildman–Crippen LogP) is 5.02. The largest absolute Gasteiger partial charge is 0.408 e. The Kier molecular flexibility index (Phi) is 6.58. The fraction of sp³-hybridized carbons (Fsp3) is 0.304. The second-order valence-corrected chi connectivity index (χ2v) is 7.08. The number of hydrogen-bond acceptors (Lipinski definition) is 3. The van der Waals surface area contributed by atoms with Gasteiger partial charge in [0.15, 0.2) is 0 Å². The van der Waals surface area contributed by atoms with Crippen LogP contribution in [0.3, 0.4) is 0 Å². The molecule has 0 amide bonds. The van der Waals surface area contributed by atoms with E-state index < -0.39 is 19.3 Å². The van der Waals surface area contributed by atoms with Crippen LogP contribution in [0.25, 0.3) is 11.1 Å². The molecule has 0 spiro atoms. The number of aliphatic hydroxyl groups excluding tert-OH is 1. The van der Waals surface area contributed by atoms with Crippen LogP contribution >= 0.6 is 0 Å². The summed E-state index contributed by atoms with van der Waals surface area (Å²) in [4.78, 5) is 0. The topological polar surface area (TPSA) is 61.8 Å². The van der Waals surface area contributed by atoms with Crippen LogP contribution < -0.4 is 0 Å². The van der Waals surface area contributed by atoms with Gasteiger partial charge in [-0.05, 0) is 29.2 Å². The minimum atomic E-state index is -4.41. The smallest absolute Gasteiger partial charge is 0.390 e. The monoisotopic (exact) mass is 413 g/mol. The summed E-state index contributed by atoms with van der Waals surface area (Å²) in [6.07, 6.45) is -2.75. The van der Waals surface area contributed by atoms with Crippen molar-refractivity contribution >= 4 is 0 Å². The van der Waals surface area contributed by atoms with E-state index in [9.17, 15) is 23.5 Å². The summed E-state index contributed by atoms with van der Waals surface area (Å²) in [6, 6.07) is 17.0. The van der Waals surface area contributed by atoms with Gasteiger partial charge < -0.3 is 5.11 Å². The molecule has 3 aromatic rings. The van der Waals surface area contributed by atoms with Gasteiger partial charge in [-0.2, -0.15) is 23.5 Å². The molecule has 4 nitrogen and oxygen atoms in total. The molecule has 3 rings (SSSR count). The van der Waals surface area contributed by atoms with Crippen LogP contribution in [-0.2, 0) is 26.0 Å². The van der Waals surface area contributed by atoms with Gasteiger partial charge >= 0.3 is 6.18 Å². The summed E-state index contributed by atoms with van der Waals surface area (Å²) in [5.41, 5.74) is 4.62. The van der Waals surface area contributed by atoms with Crippen molar-refractivity contribution in [1.82, 2.24) is 9.78 Å². The quantitative estimate of drug-likeness (QED) is 0.592. The Hall–Kier alpha value is -3.11. The van der Waals surface area contributed by atoms with Gasteiger partial charge in [-0.25, -0.2) is 0 Å². The number of hydrogen-bond donors (Lipinski definition) is 1. The molecule has 156 valence electrons. The Morgan fingerprint density at radius 3 is 2.40 bits per heavy atom. The van der Waals surface area contributed by atoms with Gasteiger partial charge in [0.2, 0.25) is 0 Å². The van der Waals surface area contributed by atoms with E-state index in [-0.39, 0.29) is 5.69 Å². The van der Waals surface area contributed by atoms with E-state index in [0.717, 1.165) is 27.8 Å². The zero-order valence-corrected chi connectivity index (χ0v) is 16.6. The number of nitriles is 1. The van der Waals surface area contributed by atoms with Crippen molar-refractivity contribution in [2.45, 2.75) is 45.5 Å². The molecule has 0 aliphatic heterocycles. The molecule has 1 aromatic heterocycles. The van der Waals surface area contributed by atoms with E-state index in [2.05, 4.69) is 11.2 Å². The third-order valence-corrected chi connectivity index (χ3v) is 4.91. The Labute approximate surface area is 173 Å². The molecule has 2 aromatic carbocycles. The predicted molar refractivity (Wildman–Crippen MR) is 108 cm³/mol. The van der Waals surface area contributed by atoms with Crippen LogP contribution in [0, 0.1) is 11.3 Å². The zero-order valence-electron chi connectivity index (χ0n) is 16.6. The molecule has 1 N–H and O–H groups in total. The third kappa shape index (κ3) is 4.89. The molecule has 7 heteroatoms. The molecule has 0 radical (unpaired) electrons. The van der Waals surface area contributed by atoms with Crippen LogP contribution in [0.1, 0.15) is 41.4 Å². The highest BCUT2D eigenvalue weighted by molar-refractivity contribution is 5.70.